The van der Waals surface area contributed by atoms with E-state index >= 15 is 0 Å². The Balaban J connectivity index is 1.41. The molecular weight excluding hydrogens is 555 g/mol. The summed E-state index contributed by atoms with van der Waals surface area (Å²) in [5.74, 6) is 0.789. The number of rotatable bonds is 8. The van der Waals surface area contributed by atoms with Gasteiger partial charge in [0.25, 0.3) is 0 Å². The molecule has 0 radical (unpaired) electrons. The number of ether oxygens (including phenoxy) is 1. The molecule has 2 fully saturated rings. The summed E-state index contributed by atoms with van der Waals surface area (Å²) in [5.41, 5.74) is -0.0790. The number of benzene rings is 3. The Kier molecular flexibility index (Phi) is 7.49. The summed E-state index contributed by atoms with van der Waals surface area (Å²) in [4.78, 5) is 16.3. The van der Waals surface area contributed by atoms with Gasteiger partial charge < -0.3 is 9.64 Å². The van der Waals surface area contributed by atoms with Crippen molar-refractivity contribution >= 4 is 33.3 Å². The minimum Gasteiger partial charge on any atom is -0.457 e. The Bertz CT molecular complexity index is 1450. The first-order valence-corrected chi connectivity index (χ1v) is 14.3. The monoisotopic (exact) mass is 579 g/mol. The second kappa shape index (κ2) is 10.7. The molecule has 0 spiro atoms. The first-order chi connectivity index (χ1) is 18.5. The lowest BCUT2D eigenvalue weighted by atomic mass is 10.0. The summed E-state index contributed by atoms with van der Waals surface area (Å²) in [5, 5.41) is 0.563. The van der Waals surface area contributed by atoms with Crippen molar-refractivity contribution in [3.8, 4) is 11.5 Å². The number of sulfonamides is 1. The van der Waals surface area contributed by atoms with Crippen molar-refractivity contribution in [2.24, 2.45) is 0 Å². The van der Waals surface area contributed by atoms with Crippen LogP contribution >= 0.6 is 11.6 Å². The van der Waals surface area contributed by atoms with Gasteiger partial charge in [0.05, 0.1) is 17.4 Å². The van der Waals surface area contributed by atoms with Crippen LogP contribution in [0, 0.1) is 0 Å². The second-order valence-corrected chi connectivity index (χ2v) is 11.9. The van der Waals surface area contributed by atoms with E-state index in [0.29, 0.717) is 40.9 Å². The van der Waals surface area contributed by atoms with E-state index in [1.165, 1.54) is 20.2 Å². The SMILES string of the molecule is O=C1N(CCS(=O)(=O)N2CCC2)CC(c2cccc(C(F)(F)F)c2)N1c1ccc(Oc2ccc(Cl)cc2)cc1. The number of alkyl halides is 3. The van der Waals surface area contributed by atoms with Crippen LogP contribution in [-0.4, -0.2) is 55.6 Å². The average Bonchev–Trinajstić information content (AvgIpc) is 3.19. The van der Waals surface area contributed by atoms with E-state index in [9.17, 15) is 26.4 Å². The molecule has 39 heavy (non-hydrogen) atoms. The van der Waals surface area contributed by atoms with Crippen molar-refractivity contribution in [1.82, 2.24) is 9.21 Å². The van der Waals surface area contributed by atoms with Crippen molar-refractivity contribution in [2.75, 3.05) is 36.8 Å². The highest BCUT2D eigenvalue weighted by atomic mass is 35.5. The van der Waals surface area contributed by atoms with Gasteiger partial charge in [-0.1, -0.05) is 23.7 Å². The first-order valence-electron chi connectivity index (χ1n) is 12.3. The third-order valence-electron chi connectivity index (χ3n) is 6.77. The van der Waals surface area contributed by atoms with Crippen molar-refractivity contribution in [3.63, 3.8) is 0 Å². The molecule has 1 atom stereocenters. The Morgan fingerprint density at radius 3 is 2.18 bits per heavy atom. The molecule has 2 aliphatic rings. The van der Waals surface area contributed by atoms with E-state index in [1.807, 2.05) is 0 Å². The van der Waals surface area contributed by atoms with Gasteiger partial charge in [0, 0.05) is 36.9 Å². The fraction of sp³-hybridized carbons (Fsp3) is 0.296. The molecular formula is C27H25ClF3N3O4S. The molecule has 3 aromatic rings. The van der Waals surface area contributed by atoms with Gasteiger partial charge in [-0.2, -0.15) is 13.2 Å². The molecule has 2 saturated heterocycles. The smallest absolute Gasteiger partial charge is 0.416 e. The van der Waals surface area contributed by atoms with Crippen molar-refractivity contribution in [3.05, 3.63) is 88.9 Å². The van der Waals surface area contributed by atoms with E-state index < -0.39 is 33.8 Å². The summed E-state index contributed by atoms with van der Waals surface area (Å²) in [6, 6.07) is 17.0. The van der Waals surface area contributed by atoms with Crippen LogP contribution in [0.2, 0.25) is 5.02 Å². The second-order valence-electron chi connectivity index (χ2n) is 9.36. The highest BCUT2D eigenvalue weighted by Gasteiger charge is 2.41. The quantitative estimate of drug-likeness (QED) is 0.320. The van der Waals surface area contributed by atoms with E-state index in [4.69, 9.17) is 16.3 Å². The fourth-order valence-electron chi connectivity index (χ4n) is 4.54. The maximum Gasteiger partial charge on any atom is 0.416 e. The molecule has 2 heterocycles. The molecule has 0 N–H and O–H groups in total. The number of nitrogens with zero attached hydrogens (tertiary/aromatic N) is 3. The fourth-order valence-corrected chi connectivity index (χ4v) is 6.19. The zero-order chi connectivity index (χ0) is 27.8. The van der Waals surface area contributed by atoms with Gasteiger partial charge in [-0.25, -0.2) is 17.5 Å². The van der Waals surface area contributed by atoms with E-state index in [-0.39, 0.29) is 18.8 Å². The number of amides is 2. The lowest BCUT2D eigenvalue weighted by Crippen LogP contribution is -2.45. The van der Waals surface area contributed by atoms with Crippen LogP contribution in [0.1, 0.15) is 23.6 Å². The third-order valence-corrected chi connectivity index (χ3v) is 8.87. The number of anilines is 1. The number of urea groups is 1. The third kappa shape index (κ3) is 6.00. The lowest BCUT2D eigenvalue weighted by Gasteiger charge is -2.30. The molecule has 206 valence electrons. The van der Waals surface area contributed by atoms with Gasteiger partial charge in [0.15, 0.2) is 0 Å². The van der Waals surface area contributed by atoms with Crippen LogP contribution in [0.3, 0.4) is 0 Å². The molecule has 0 saturated carbocycles. The number of carbonyl (C=O) groups is 1. The number of halogens is 4. The van der Waals surface area contributed by atoms with Gasteiger partial charge in [-0.15, -0.1) is 0 Å². The lowest BCUT2D eigenvalue weighted by molar-refractivity contribution is -0.137. The van der Waals surface area contributed by atoms with E-state index in [1.54, 1.807) is 54.6 Å². The van der Waals surface area contributed by atoms with Gasteiger partial charge >= 0.3 is 12.2 Å². The van der Waals surface area contributed by atoms with Gasteiger partial charge in [-0.05, 0) is 72.6 Å². The summed E-state index contributed by atoms with van der Waals surface area (Å²) in [7, 11) is -3.52. The Labute approximate surface area is 229 Å². The molecule has 12 heteroatoms. The van der Waals surface area contributed by atoms with Crippen LogP contribution in [0.25, 0.3) is 0 Å². The minimum atomic E-state index is -4.55. The van der Waals surface area contributed by atoms with Crippen LogP contribution in [0.15, 0.2) is 72.8 Å². The van der Waals surface area contributed by atoms with E-state index in [2.05, 4.69) is 0 Å². The first kappa shape index (κ1) is 27.3. The number of hydrogen-bond donors (Lipinski definition) is 0. The maximum atomic E-state index is 13.5. The summed E-state index contributed by atoms with van der Waals surface area (Å²) in [6.45, 7) is 0.888. The van der Waals surface area contributed by atoms with Crippen molar-refractivity contribution < 1.29 is 31.1 Å². The molecule has 0 aromatic heterocycles. The molecule has 7 nitrogen and oxygen atoms in total. The van der Waals surface area contributed by atoms with Gasteiger partial charge in [0.2, 0.25) is 10.0 Å². The van der Waals surface area contributed by atoms with Crippen LogP contribution < -0.4 is 9.64 Å². The Hall–Kier alpha value is -3.28. The average molecular weight is 580 g/mol. The zero-order valence-corrected chi connectivity index (χ0v) is 22.2. The molecule has 2 aliphatic heterocycles. The van der Waals surface area contributed by atoms with E-state index in [0.717, 1.165) is 18.6 Å². The predicted octanol–water partition coefficient (Wildman–Crippen LogP) is 6.17. The van der Waals surface area contributed by atoms with Crippen LogP contribution in [0.5, 0.6) is 11.5 Å². The number of hydrogen-bond acceptors (Lipinski definition) is 4. The largest absolute Gasteiger partial charge is 0.457 e. The summed E-state index contributed by atoms with van der Waals surface area (Å²) in [6.07, 6.45) is -3.75. The predicted molar refractivity (Wildman–Crippen MR) is 142 cm³/mol. The standard InChI is InChI=1S/C27H25ClF3N3O4S/c28-21-5-9-23(10-6-21)38-24-11-7-22(8-12-24)34-25(19-3-1-4-20(17-19)27(29,30)31)18-32(26(34)35)15-16-39(36,37)33-13-2-14-33/h1,3-12,17,25H,2,13-16,18H2. The van der Waals surface area contributed by atoms with Gasteiger partial charge in [0.1, 0.15) is 11.5 Å². The molecule has 0 bridgehead atoms. The Morgan fingerprint density at radius 2 is 1.59 bits per heavy atom. The number of carbonyl (C=O) groups excluding carboxylic acids is 1. The van der Waals surface area contributed by atoms with Gasteiger partial charge in [-0.3, -0.25) is 4.90 Å². The molecule has 3 aromatic carbocycles. The molecule has 2 amide bonds. The normalized spacial score (nSPS) is 18.4. The van der Waals surface area contributed by atoms with Crippen LogP contribution in [-0.2, 0) is 16.2 Å². The maximum absolute atomic E-state index is 13.5. The highest BCUT2D eigenvalue weighted by molar-refractivity contribution is 7.89. The molecule has 1 unspecified atom stereocenters. The molecule has 5 rings (SSSR count). The molecule has 0 aliphatic carbocycles. The summed E-state index contributed by atoms with van der Waals surface area (Å²) < 4.78 is 72.7. The van der Waals surface area contributed by atoms with Crippen LogP contribution in [0.4, 0.5) is 23.7 Å². The van der Waals surface area contributed by atoms with Crippen molar-refractivity contribution in [1.29, 1.82) is 0 Å². The zero-order valence-electron chi connectivity index (χ0n) is 20.6. The van der Waals surface area contributed by atoms with Crippen molar-refractivity contribution in [2.45, 2.75) is 18.6 Å². The summed E-state index contributed by atoms with van der Waals surface area (Å²) >= 11 is 5.91. The topological polar surface area (TPSA) is 70.2 Å². The minimum absolute atomic E-state index is 0.0404. The highest BCUT2D eigenvalue weighted by Crippen LogP contribution is 2.38. The Morgan fingerprint density at radius 1 is 0.949 bits per heavy atom.